The van der Waals surface area contributed by atoms with Crippen LogP contribution in [0, 0.1) is 25.5 Å². The van der Waals surface area contributed by atoms with Crippen LogP contribution in [0.4, 0.5) is 8.78 Å². The molecule has 0 saturated carbocycles. The van der Waals surface area contributed by atoms with Crippen molar-refractivity contribution in [2.75, 3.05) is 6.54 Å². The van der Waals surface area contributed by atoms with Crippen LogP contribution in [0.15, 0.2) is 47.7 Å². The SMILES string of the molecule is Cc1cc(-n2nc3c(c2-n2ccn(-c4ccc5c(cnn5C)c4F)c2=O)[C@H](C)NCCC3)cc(C)c1F. The number of fused-ring (bicyclic) bond motifs is 2. The summed E-state index contributed by atoms with van der Waals surface area (Å²) < 4.78 is 36.0. The van der Waals surface area contributed by atoms with Crippen molar-refractivity contribution >= 4 is 10.9 Å². The molecule has 8 nitrogen and oxygen atoms in total. The van der Waals surface area contributed by atoms with E-state index in [0.717, 1.165) is 30.6 Å². The molecule has 3 aromatic heterocycles. The molecule has 0 aliphatic carbocycles. The van der Waals surface area contributed by atoms with Crippen molar-refractivity contribution in [1.82, 2.24) is 34.0 Å². The van der Waals surface area contributed by atoms with Crippen LogP contribution in [0.3, 0.4) is 0 Å². The molecule has 190 valence electrons. The van der Waals surface area contributed by atoms with E-state index < -0.39 is 11.5 Å². The number of rotatable bonds is 3. The fraction of sp³-hybridized carbons (Fsp3) is 0.296. The Bertz CT molecular complexity index is 1720. The maximum absolute atomic E-state index is 15.5. The van der Waals surface area contributed by atoms with E-state index in [1.807, 2.05) is 6.92 Å². The highest BCUT2D eigenvalue weighted by Gasteiger charge is 2.28. The average molecular weight is 504 g/mol. The minimum absolute atomic E-state index is 0.0670. The first-order valence-electron chi connectivity index (χ1n) is 12.3. The summed E-state index contributed by atoms with van der Waals surface area (Å²) in [6.07, 6.45) is 6.29. The number of benzene rings is 2. The van der Waals surface area contributed by atoms with Gasteiger partial charge in [0.2, 0.25) is 0 Å². The van der Waals surface area contributed by atoms with E-state index in [1.54, 1.807) is 66.9 Å². The molecule has 5 aromatic rings. The lowest BCUT2D eigenvalue weighted by molar-refractivity contribution is 0.575. The highest BCUT2D eigenvalue weighted by molar-refractivity contribution is 5.81. The molecule has 6 rings (SSSR count). The van der Waals surface area contributed by atoms with E-state index in [9.17, 15) is 9.18 Å². The molecule has 1 N–H and O–H groups in total. The molecule has 10 heteroatoms. The largest absolute Gasteiger partial charge is 0.338 e. The highest BCUT2D eigenvalue weighted by Crippen LogP contribution is 2.31. The zero-order chi connectivity index (χ0) is 26.0. The Labute approximate surface area is 211 Å². The fourth-order valence-corrected chi connectivity index (χ4v) is 5.32. The molecule has 0 bridgehead atoms. The van der Waals surface area contributed by atoms with E-state index in [-0.39, 0.29) is 17.5 Å². The molecular formula is C27H27F2N7O. The number of aromatic nitrogens is 6. The van der Waals surface area contributed by atoms with Crippen molar-refractivity contribution in [2.45, 2.75) is 39.7 Å². The Hall–Kier alpha value is -4.05. The van der Waals surface area contributed by atoms with E-state index in [1.165, 1.54) is 15.3 Å². The Balaban J connectivity index is 1.59. The summed E-state index contributed by atoms with van der Waals surface area (Å²) in [6, 6.07) is 6.72. The summed E-state index contributed by atoms with van der Waals surface area (Å²) in [5.41, 5.74) is 3.78. The lowest BCUT2D eigenvalue weighted by Gasteiger charge is -2.16. The number of imidazole rings is 1. The van der Waals surface area contributed by atoms with Gasteiger partial charge in [-0.1, -0.05) is 0 Å². The Kier molecular flexibility index (Phi) is 5.38. The number of aryl methyl sites for hydroxylation is 4. The monoisotopic (exact) mass is 503 g/mol. The summed E-state index contributed by atoms with van der Waals surface area (Å²) in [5, 5.41) is 12.9. The number of nitrogens with one attached hydrogen (secondary N) is 1. The quantitative estimate of drug-likeness (QED) is 0.401. The Morgan fingerprint density at radius 1 is 1.05 bits per heavy atom. The molecule has 0 unspecified atom stereocenters. The second-order valence-corrected chi connectivity index (χ2v) is 9.69. The number of halogens is 2. The summed E-state index contributed by atoms with van der Waals surface area (Å²) >= 11 is 0. The normalized spacial score (nSPS) is 15.8. The van der Waals surface area contributed by atoms with Gasteiger partial charge in [0.1, 0.15) is 11.6 Å². The van der Waals surface area contributed by atoms with Gasteiger partial charge in [-0.15, -0.1) is 0 Å². The van der Waals surface area contributed by atoms with Crippen LogP contribution in [0.2, 0.25) is 0 Å². The van der Waals surface area contributed by atoms with Gasteiger partial charge in [-0.2, -0.15) is 10.2 Å². The minimum atomic E-state index is -0.516. The van der Waals surface area contributed by atoms with Crippen molar-refractivity contribution < 1.29 is 8.78 Å². The van der Waals surface area contributed by atoms with E-state index in [2.05, 4.69) is 10.4 Å². The zero-order valence-electron chi connectivity index (χ0n) is 21.1. The zero-order valence-corrected chi connectivity index (χ0v) is 21.1. The molecule has 1 aliphatic heterocycles. The second kappa shape index (κ2) is 8.52. The summed E-state index contributed by atoms with van der Waals surface area (Å²) in [5.74, 6) is -0.217. The smallest absolute Gasteiger partial charge is 0.310 e. The van der Waals surface area contributed by atoms with Gasteiger partial charge in [-0.25, -0.2) is 18.3 Å². The molecular weight excluding hydrogens is 476 g/mol. The molecule has 0 fully saturated rings. The number of hydrogen-bond acceptors (Lipinski definition) is 4. The molecule has 4 heterocycles. The third-order valence-corrected chi connectivity index (χ3v) is 7.22. The molecule has 0 saturated heterocycles. The van der Waals surface area contributed by atoms with Gasteiger partial charge in [-0.05, 0) is 75.5 Å². The maximum Gasteiger partial charge on any atom is 0.338 e. The first kappa shape index (κ1) is 23.4. The summed E-state index contributed by atoms with van der Waals surface area (Å²) in [4.78, 5) is 13.8. The van der Waals surface area contributed by atoms with Crippen molar-refractivity contribution in [3.63, 3.8) is 0 Å². The molecule has 1 atom stereocenters. The third-order valence-electron chi connectivity index (χ3n) is 7.22. The van der Waals surface area contributed by atoms with Crippen molar-refractivity contribution in [1.29, 1.82) is 0 Å². The molecule has 0 spiro atoms. The maximum atomic E-state index is 15.5. The van der Waals surface area contributed by atoms with Crippen LogP contribution in [0.25, 0.3) is 28.1 Å². The standard InChI is InChI=1S/C27H27F2N7O/c1-15-12-18(13-16(2)24(15)28)36-26(23-17(3)30-9-5-6-20(23)32-36)35-11-10-34(27(35)37)22-8-7-21-19(25(22)29)14-31-33(21)4/h7-8,10-14,17,30H,5-6,9H2,1-4H3/t17-/m0/s1. The van der Waals surface area contributed by atoms with Crippen LogP contribution in [-0.4, -0.2) is 35.2 Å². The van der Waals surface area contributed by atoms with Crippen LogP contribution in [0.1, 0.15) is 41.8 Å². The minimum Gasteiger partial charge on any atom is -0.310 e. The molecule has 0 radical (unpaired) electrons. The van der Waals surface area contributed by atoms with Gasteiger partial charge in [0.05, 0.1) is 34.2 Å². The third kappa shape index (κ3) is 3.54. The first-order valence-corrected chi connectivity index (χ1v) is 12.3. The molecule has 1 aliphatic rings. The Morgan fingerprint density at radius 3 is 2.54 bits per heavy atom. The Morgan fingerprint density at radius 2 is 1.78 bits per heavy atom. The topological polar surface area (TPSA) is 74.6 Å². The lowest BCUT2D eigenvalue weighted by Crippen LogP contribution is -2.26. The van der Waals surface area contributed by atoms with Crippen LogP contribution in [0.5, 0.6) is 0 Å². The second-order valence-electron chi connectivity index (χ2n) is 9.69. The summed E-state index contributed by atoms with van der Waals surface area (Å²) in [6.45, 7) is 6.30. The lowest BCUT2D eigenvalue weighted by atomic mass is 10.1. The molecule has 37 heavy (non-hydrogen) atoms. The molecule has 0 amide bonds. The van der Waals surface area contributed by atoms with Gasteiger partial charge < -0.3 is 5.32 Å². The predicted octanol–water partition coefficient (Wildman–Crippen LogP) is 4.19. The van der Waals surface area contributed by atoms with Crippen molar-refractivity contribution in [3.05, 3.63) is 87.4 Å². The highest BCUT2D eigenvalue weighted by atomic mass is 19.1. The number of nitrogens with zero attached hydrogens (tertiary/aromatic N) is 6. The number of hydrogen-bond donors (Lipinski definition) is 1. The van der Waals surface area contributed by atoms with Crippen LogP contribution < -0.4 is 11.0 Å². The average Bonchev–Trinajstić information content (AvgIpc) is 3.52. The summed E-state index contributed by atoms with van der Waals surface area (Å²) in [7, 11) is 1.74. The van der Waals surface area contributed by atoms with Gasteiger partial charge in [-0.3, -0.25) is 13.8 Å². The van der Waals surface area contributed by atoms with E-state index >= 15 is 4.39 Å². The van der Waals surface area contributed by atoms with Gasteiger partial charge >= 0.3 is 5.69 Å². The van der Waals surface area contributed by atoms with Gasteiger partial charge in [0, 0.05) is 31.0 Å². The predicted molar refractivity (Wildman–Crippen MR) is 137 cm³/mol. The van der Waals surface area contributed by atoms with Crippen molar-refractivity contribution in [2.24, 2.45) is 7.05 Å². The van der Waals surface area contributed by atoms with E-state index in [0.29, 0.717) is 33.5 Å². The van der Waals surface area contributed by atoms with Crippen molar-refractivity contribution in [3.8, 4) is 17.2 Å². The van der Waals surface area contributed by atoms with Crippen LogP contribution in [-0.2, 0) is 13.5 Å². The van der Waals surface area contributed by atoms with Crippen LogP contribution >= 0.6 is 0 Å². The van der Waals surface area contributed by atoms with Gasteiger partial charge in [0.15, 0.2) is 5.82 Å². The first-order chi connectivity index (χ1) is 17.8. The molecule has 2 aromatic carbocycles. The fourth-order valence-electron chi connectivity index (χ4n) is 5.32. The van der Waals surface area contributed by atoms with Gasteiger partial charge in [0.25, 0.3) is 0 Å². The van der Waals surface area contributed by atoms with E-state index in [4.69, 9.17) is 5.10 Å².